The number of carbonyl (C=O) groups excluding carboxylic acids is 1. The number of ether oxygens (including phenoxy) is 1. The highest BCUT2D eigenvalue weighted by Gasteiger charge is 2.19. The molecule has 1 N–H and O–H groups in total. The zero-order chi connectivity index (χ0) is 20.9. The first kappa shape index (κ1) is 20.5. The third-order valence-corrected chi connectivity index (χ3v) is 5.63. The number of halogens is 2. The summed E-state index contributed by atoms with van der Waals surface area (Å²) in [6.45, 7) is 1.23. The minimum Gasteiger partial charge on any atom is -0.376 e. The third-order valence-electron chi connectivity index (χ3n) is 4.70. The Morgan fingerprint density at radius 1 is 1.10 bits per heavy atom. The van der Waals surface area contributed by atoms with E-state index in [0.717, 1.165) is 19.4 Å². The molecular formula is C21H20F2N4O2S. The second-order valence-corrected chi connectivity index (χ2v) is 7.80. The van der Waals surface area contributed by atoms with E-state index in [2.05, 4.69) is 15.5 Å². The van der Waals surface area contributed by atoms with Gasteiger partial charge in [0, 0.05) is 24.4 Å². The molecule has 1 atom stereocenters. The third kappa shape index (κ3) is 4.85. The summed E-state index contributed by atoms with van der Waals surface area (Å²) in [5.41, 5.74) is 1.30. The first-order valence-electron chi connectivity index (χ1n) is 9.58. The van der Waals surface area contributed by atoms with E-state index in [-0.39, 0.29) is 29.4 Å². The van der Waals surface area contributed by atoms with Crippen LogP contribution < -0.4 is 5.32 Å². The second-order valence-electron chi connectivity index (χ2n) is 6.85. The Morgan fingerprint density at radius 3 is 2.47 bits per heavy atom. The molecule has 1 aliphatic rings. The SMILES string of the molecule is O=C(CSc1nnc(-c2ccc(F)cc2)n1-c1ccc(F)cc1)NC[C@H]1CCCO1. The number of aromatic nitrogens is 3. The van der Waals surface area contributed by atoms with Gasteiger partial charge in [-0.1, -0.05) is 11.8 Å². The topological polar surface area (TPSA) is 69.0 Å². The van der Waals surface area contributed by atoms with E-state index in [9.17, 15) is 13.6 Å². The quantitative estimate of drug-likeness (QED) is 0.580. The molecule has 1 saturated heterocycles. The Kier molecular flexibility index (Phi) is 6.39. The van der Waals surface area contributed by atoms with Crippen LogP contribution in [0.15, 0.2) is 53.7 Å². The lowest BCUT2D eigenvalue weighted by molar-refractivity contribution is -0.119. The molecule has 0 radical (unpaired) electrons. The monoisotopic (exact) mass is 430 g/mol. The first-order chi connectivity index (χ1) is 14.6. The maximum absolute atomic E-state index is 13.4. The average molecular weight is 430 g/mol. The summed E-state index contributed by atoms with van der Waals surface area (Å²) >= 11 is 1.22. The Bertz CT molecular complexity index is 1000. The number of rotatable bonds is 7. The van der Waals surface area contributed by atoms with Crippen molar-refractivity contribution in [1.29, 1.82) is 0 Å². The van der Waals surface area contributed by atoms with Gasteiger partial charge in [0.15, 0.2) is 11.0 Å². The normalized spacial score (nSPS) is 16.0. The molecule has 6 nitrogen and oxygen atoms in total. The summed E-state index contributed by atoms with van der Waals surface area (Å²) in [5.74, 6) is -0.228. The number of thioether (sulfide) groups is 1. The van der Waals surface area contributed by atoms with Crippen LogP contribution in [-0.4, -0.2) is 45.7 Å². The van der Waals surface area contributed by atoms with Crippen molar-refractivity contribution in [2.75, 3.05) is 18.9 Å². The van der Waals surface area contributed by atoms with E-state index >= 15 is 0 Å². The predicted molar refractivity (Wildman–Crippen MR) is 109 cm³/mol. The molecule has 1 amide bonds. The Morgan fingerprint density at radius 2 is 1.80 bits per heavy atom. The van der Waals surface area contributed by atoms with Gasteiger partial charge in [-0.05, 0) is 61.4 Å². The molecule has 156 valence electrons. The smallest absolute Gasteiger partial charge is 0.230 e. The molecule has 0 saturated carbocycles. The molecule has 9 heteroatoms. The van der Waals surface area contributed by atoms with E-state index in [1.807, 2.05) is 0 Å². The Balaban J connectivity index is 1.54. The molecule has 2 aromatic carbocycles. The second kappa shape index (κ2) is 9.36. The van der Waals surface area contributed by atoms with Crippen molar-refractivity contribution in [3.63, 3.8) is 0 Å². The first-order valence-corrected chi connectivity index (χ1v) is 10.6. The van der Waals surface area contributed by atoms with Crippen molar-refractivity contribution < 1.29 is 18.3 Å². The largest absolute Gasteiger partial charge is 0.376 e. The van der Waals surface area contributed by atoms with Crippen LogP contribution in [0.3, 0.4) is 0 Å². The van der Waals surface area contributed by atoms with E-state index < -0.39 is 0 Å². The van der Waals surface area contributed by atoms with Crippen molar-refractivity contribution >= 4 is 17.7 Å². The molecule has 4 rings (SSSR count). The number of benzene rings is 2. The van der Waals surface area contributed by atoms with Crippen LogP contribution in [0.25, 0.3) is 17.1 Å². The van der Waals surface area contributed by atoms with Crippen molar-refractivity contribution in [2.24, 2.45) is 0 Å². The van der Waals surface area contributed by atoms with Crippen LogP contribution in [0.1, 0.15) is 12.8 Å². The number of amides is 1. The maximum Gasteiger partial charge on any atom is 0.230 e. The lowest BCUT2D eigenvalue weighted by atomic mass is 10.2. The Hall–Kier alpha value is -2.78. The van der Waals surface area contributed by atoms with Gasteiger partial charge in [0.2, 0.25) is 5.91 Å². The van der Waals surface area contributed by atoms with Crippen molar-refractivity contribution in [1.82, 2.24) is 20.1 Å². The van der Waals surface area contributed by atoms with E-state index in [0.29, 0.717) is 28.8 Å². The Labute approximate surface area is 176 Å². The number of nitrogens with zero attached hydrogens (tertiary/aromatic N) is 3. The molecule has 0 unspecified atom stereocenters. The van der Waals surface area contributed by atoms with E-state index in [4.69, 9.17) is 4.74 Å². The minimum absolute atomic E-state index is 0.0758. The summed E-state index contributed by atoms with van der Waals surface area (Å²) in [7, 11) is 0. The predicted octanol–water partition coefficient (Wildman–Crippen LogP) is 3.60. The highest BCUT2D eigenvalue weighted by molar-refractivity contribution is 7.99. The van der Waals surface area contributed by atoms with Crippen LogP contribution in [0, 0.1) is 11.6 Å². The summed E-state index contributed by atoms with van der Waals surface area (Å²) in [6, 6.07) is 11.8. The number of hydrogen-bond donors (Lipinski definition) is 1. The molecule has 1 aromatic heterocycles. The van der Waals surface area contributed by atoms with Crippen LogP contribution in [0.4, 0.5) is 8.78 Å². The molecule has 0 aliphatic carbocycles. The maximum atomic E-state index is 13.4. The molecule has 0 bridgehead atoms. The molecule has 30 heavy (non-hydrogen) atoms. The summed E-state index contributed by atoms with van der Waals surface area (Å²) in [6.07, 6.45) is 2.04. The van der Waals surface area contributed by atoms with Gasteiger partial charge in [-0.25, -0.2) is 8.78 Å². The lowest BCUT2D eigenvalue weighted by Gasteiger charge is -2.12. The molecule has 2 heterocycles. The summed E-state index contributed by atoms with van der Waals surface area (Å²) in [4.78, 5) is 12.2. The van der Waals surface area contributed by atoms with Crippen molar-refractivity contribution in [3.05, 3.63) is 60.2 Å². The van der Waals surface area contributed by atoms with Crippen LogP contribution >= 0.6 is 11.8 Å². The van der Waals surface area contributed by atoms with Crippen LogP contribution in [0.5, 0.6) is 0 Å². The molecule has 1 aliphatic heterocycles. The van der Waals surface area contributed by atoms with Gasteiger partial charge in [-0.3, -0.25) is 9.36 Å². The fourth-order valence-corrected chi connectivity index (χ4v) is 3.97. The molecule has 3 aromatic rings. The standard InChI is InChI=1S/C21H20F2N4O2S/c22-15-5-3-14(4-6-15)20-25-26-21(27(20)17-9-7-16(23)8-10-17)30-13-19(28)24-12-18-2-1-11-29-18/h3-10,18H,1-2,11-13H2,(H,24,28)/t18-/m1/s1. The summed E-state index contributed by atoms with van der Waals surface area (Å²) in [5, 5.41) is 11.8. The highest BCUT2D eigenvalue weighted by atomic mass is 32.2. The zero-order valence-electron chi connectivity index (χ0n) is 16.1. The van der Waals surface area contributed by atoms with E-state index in [1.54, 1.807) is 28.8 Å². The average Bonchev–Trinajstić information content (AvgIpc) is 3.42. The van der Waals surface area contributed by atoms with Gasteiger partial charge in [-0.2, -0.15) is 0 Å². The van der Waals surface area contributed by atoms with Crippen molar-refractivity contribution in [2.45, 2.75) is 24.1 Å². The van der Waals surface area contributed by atoms with Crippen LogP contribution in [0.2, 0.25) is 0 Å². The van der Waals surface area contributed by atoms with Gasteiger partial charge >= 0.3 is 0 Å². The molecule has 0 spiro atoms. The van der Waals surface area contributed by atoms with Gasteiger partial charge in [-0.15, -0.1) is 10.2 Å². The fourth-order valence-electron chi connectivity index (χ4n) is 3.19. The van der Waals surface area contributed by atoms with Gasteiger partial charge in [0.1, 0.15) is 11.6 Å². The number of hydrogen-bond acceptors (Lipinski definition) is 5. The number of carbonyl (C=O) groups is 1. The molecule has 1 fully saturated rings. The van der Waals surface area contributed by atoms with E-state index in [1.165, 1.54) is 36.0 Å². The highest BCUT2D eigenvalue weighted by Crippen LogP contribution is 2.28. The molecular weight excluding hydrogens is 410 g/mol. The minimum atomic E-state index is -0.363. The van der Waals surface area contributed by atoms with Gasteiger partial charge in [0.05, 0.1) is 11.9 Å². The summed E-state index contributed by atoms with van der Waals surface area (Å²) < 4.78 is 34.0. The van der Waals surface area contributed by atoms with Gasteiger partial charge in [0.25, 0.3) is 0 Å². The van der Waals surface area contributed by atoms with Crippen LogP contribution in [-0.2, 0) is 9.53 Å². The lowest BCUT2D eigenvalue weighted by Crippen LogP contribution is -2.32. The fraction of sp³-hybridized carbons (Fsp3) is 0.286. The number of nitrogens with one attached hydrogen (secondary N) is 1. The van der Waals surface area contributed by atoms with Gasteiger partial charge < -0.3 is 10.1 Å². The van der Waals surface area contributed by atoms with Crippen molar-refractivity contribution in [3.8, 4) is 17.1 Å². The zero-order valence-corrected chi connectivity index (χ0v) is 16.9.